The number of hydrogen-bond donors (Lipinski definition) is 0. The van der Waals surface area contributed by atoms with Crippen molar-refractivity contribution >= 4 is 29.0 Å². The maximum atomic E-state index is 13.5. The van der Waals surface area contributed by atoms with Gasteiger partial charge in [0.15, 0.2) is 5.65 Å². The molecule has 2 fully saturated rings. The highest BCUT2D eigenvalue weighted by atomic mass is 35.5. The molecule has 0 saturated carbocycles. The van der Waals surface area contributed by atoms with Crippen molar-refractivity contribution in [2.24, 2.45) is 5.92 Å². The minimum absolute atomic E-state index is 0.0865. The second kappa shape index (κ2) is 8.86. The average Bonchev–Trinajstić information content (AvgIpc) is 3.44. The van der Waals surface area contributed by atoms with E-state index in [4.69, 9.17) is 26.4 Å². The molecule has 0 spiro atoms. The summed E-state index contributed by atoms with van der Waals surface area (Å²) in [6.07, 6.45) is 6.14. The molecule has 2 aromatic heterocycles. The van der Waals surface area contributed by atoms with E-state index in [2.05, 4.69) is 24.9 Å². The molecule has 2 aliphatic heterocycles. The lowest BCUT2D eigenvalue weighted by Gasteiger charge is -2.35. The van der Waals surface area contributed by atoms with Crippen molar-refractivity contribution in [3.05, 3.63) is 52.3 Å². The van der Waals surface area contributed by atoms with E-state index >= 15 is 0 Å². The molecule has 0 radical (unpaired) electrons. The Morgan fingerprint density at radius 1 is 1.21 bits per heavy atom. The van der Waals surface area contributed by atoms with Gasteiger partial charge in [-0.15, -0.1) is 0 Å². The number of carbonyl (C=O) groups is 1. The molecule has 7 nitrogen and oxygen atoms in total. The summed E-state index contributed by atoms with van der Waals surface area (Å²) in [5.74, 6) is 2.15. The fourth-order valence-corrected chi connectivity index (χ4v) is 5.38. The van der Waals surface area contributed by atoms with Crippen LogP contribution in [0.4, 0.5) is 5.82 Å². The number of aryl methyl sites for hydroxylation is 1. The van der Waals surface area contributed by atoms with Crippen molar-refractivity contribution in [1.29, 1.82) is 0 Å². The van der Waals surface area contributed by atoms with Crippen LogP contribution in [0, 0.1) is 12.8 Å². The first-order valence-electron chi connectivity index (χ1n) is 11.7. The van der Waals surface area contributed by atoms with E-state index in [-0.39, 0.29) is 11.9 Å². The van der Waals surface area contributed by atoms with Crippen LogP contribution in [0.5, 0.6) is 5.75 Å². The molecule has 33 heavy (non-hydrogen) atoms. The number of carbonyl (C=O) groups excluding carboxylic acids is 1. The van der Waals surface area contributed by atoms with Gasteiger partial charge in [0.05, 0.1) is 29.4 Å². The second-order valence-corrected chi connectivity index (χ2v) is 9.67. The van der Waals surface area contributed by atoms with Crippen LogP contribution in [-0.4, -0.2) is 52.1 Å². The number of nitrogens with zero attached hydrogens (tertiary/aromatic N) is 5. The monoisotopic (exact) mass is 467 g/mol. The summed E-state index contributed by atoms with van der Waals surface area (Å²) < 4.78 is 7.17. The Balaban J connectivity index is 1.48. The fraction of sp³-hybridized carbons (Fsp3) is 0.480. The highest BCUT2D eigenvalue weighted by Gasteiger charge is 2.32. The van der Waals surface area contributed by atoms with E-state index in [0.29, 0.717) is 28.8 Å². The maximum Gasteiger partial charge on any atom is 0.256 e. The van der Waals surface area contributed by atoms with E-state index in [9.17, 15) is 4.79 Å². The smallest absolute Gasteiger partial charge is 0.256 e. The van der Waals surface area contributed by atoms with Crippen LogP contribution in [0.15, 0.2) is 30.5 Å². The molecule has 4 heterocycles. The van der Waals surface area contributed by atoms with Gasteiger partial charge in [0.1, 0.15) is 11.6 Å². The van der Waals surface area contributed by atoms with Gasteiger partial charge in [0, 0.05) is 37.5 Å². The number of anilines is 1. The van der Waals surface area contributed by atoms with Crippen molar-refractivity contribution < 1.29 is 9.53 Å². The van der Waals surface area contributed by atoms with E-state index in [1.54, 1.807) is 25.3 Å². The zero-order valence-electron chi connectivity index (χ0n) is 19.4. The molecule has 0 unspecified atom stereocenters. The molecule has 174 valence electrons. The lowest BCUT2D eigenvalue weighted by molar-refractivity contribution is 0.0605. The highest BCUT2D eigenvalue weighted by molar-refractivity contribution is 6.35. The number of halogens is 1. The van der Waals surface area contributed by atoms with Crippen LogP contribution in [0.2, 0.25) is 5.02 Å². The number of hydrogen-bond acceptors (Lipinski definition) is 5. The number of fused-ring (bicyclic) bond motifs is 1. The minimum atomic E-state index is -0.106. The number of piperidine rings is 1. The Morgan fingerprint density at radius 2 is 2.06 bits per heavy atom. The molecule has 5 rings (SSSR count). The second-order valence-electron chi connectivity index (χ2n) is 9.29. The third kappa shape index (κ3) is 4.03. The van der Waals surface area contributed by atoms with Crippen molar-refractivity contribution in [3.8, 4) is 5.75 Å². The quantitative estimate of drug-likeness (QED) is 0.545. The van der Waals surface area contributed by atoms with E-state index in [0.717, 1.165) is 55.1 Å². The highest BCUT2D eigenvalue weighted by Crippen LogP contribution is 2.35. The van der Waals surface area contributed by atoms with Gasteiger partial charge in [-0.1, -0.05) is 24.6 Å². The number of likely N-dealkylation sites (tertiary alicyclic amines) is 1. The standard InChI is InChI=1S/C25H30ClN5O2/c1-16-10-12-29(14-16)24-17(2)15-31-22(27-24)13-19(28-31)20-8-4-5-11-30(20)25(32)18-7-6-9-21(33-3)23(18)26/h6-7,9,13,15-16,20H,4-5,8,10-12,14H2,1-3H3/t16-,20-/m0/s1. The van der Waals surface area contributed by atoms with Crippen molar-refractivity contribution in [1.82, 2.24) is 19.5 Å². The third-order valence-corrected chi connectivity index (χ3v) is 7.26. The van der Waals surface area contributed by atoms with Gasteiger partial charge >= 0.3 is 0 Å². The van der Waals surface area contributed by atoms with Gasteiger partial charge in [0.2, 0.25) is 0 Å². The minimum Gasteiger partial charge on any atom is -0.495 e. The summed E-state index contributed by atoms with van der Waals surface area (Å²) in [4.78, 5) is 22.8. The first kappa shape index (κ1) is 22.0. The molecule has 0 aliphatic carbocycles. The summed E-state index contributed by atoms with van der Waals surface area (Å²) >= 11 is 6.48. The van der Waals surface area contributed by atoms with Crippen LogP contribution >= 0.6 is 11.6 Å². The Hall–Kier alpha value is -2.80. The topological polar surface area (TPSA) is 63.0 Å². The fourth-order valence-electron chi connectivity index (χ4n) is 5.10. The molecule has 1 aromatic carbocycles. The number of ether oxygens (including phenoxy) is 1. The van der Waals surface area contributed by atoms with Gasteiger partial charge in [-0.05, 0) is 50.7 Å². The van der Waals surface area contributed by atoms with E-state index in [1.165, 1.54) is 6.42 Å². The van der Waals surface area contributed by atoms with E-state index < -0.39 is 0 Å². The van der Waals surface area contributed by atoms with Crippen molar-refractivity contribution in [3.63, 3.8) is 0 Å². The summed E-state index contributed by atoms with van der Waals surface area (Å²) in [6.45, 7) is 7.13. The molecular formula is C25H30ClN5O2. The number of rotatable bonds is 4. The molecule has 3 aromatic rings. The summed E-state index contributed by atoms with van der Waals surface area (Å²) in [5.41, 5.74) is 3.28. The molecule has 2 aliphatic rings. The summed E-state index contributed by atoms with van der Waals surface area (Å²) in [7, 11) is 1.56. The Morgan fingerprint density at radius 3 is 2.82 bits per heavy atom. The van der Waals surface area contributed by atoms with Crippen LogP contribution in [0.1, 0.15) is 60.3 Å². The largest absolute Gasteiger partial charge is 0.495 e. The van der Waals surface area contributed by atoms with Gasteiger partial charge in [-0.2, -0.15) is 5.10 Å². The zero-order valence-corrected chi connectivity index (χ0v) is 20.2. The SMILES string of the molecule is COc1cccc(C(=O)N2CCCC[C@H]2c2cc3nc(N4CC[C@H](C)C4)c(C)cn3n2)c1Cl. The molecule has 8 heteroatoms. The summed E-state index contributed by atoms with van der Waals surface area (Å²) in [6, 6.07) is 7.25. The van der Waals surface area contributed by atoms with Crippen LogP contribution in [-0.2, 0) is 0 Å². The van der Waals surface area contributed by atoms with Gasteiger partial charge in [0.25, 0.3) is 5.91 Å². The summed E-state index contributed by atoms with van der Waals surface area (Å²) in [5, 5.41) is 5.20. The lowest BCUT2D eigenvalue weighted by atomic mass is 9.98. The van der Waals surface area contributed by atoms with E-state index in [1.807, 2.05) is 15.5 Å². The van der Waals surface area contributed by atoms with Crippen molar-refractivity contribution in [2.45, 2.75) is 45.6 Å². The first-order chi connectivity index (χ1) is 16.0. The zero-order chi connectivity index (χ0) is 23.1. The Bertz CT molecular complexity index is 1190. The van der Waals surface area contributed by atoms with Gasteiger partial charge in [-0.25, -0.2) is 9.50 Å². The Kier molecular flexibility index (Phi) is 5.91. The van der Waals surface area contributed by atoms with Crippen molar-refractivity contribution in [2.75, 3.05) is 31.6 Å². The molecule has 0 N–H and O–H groups in total. The molecule has 0 bridgehead atoms. The van der Waals surface area contributed by atoms with Crippen LogP contribution < -0.4 is 9.64 Å². The molecule has 2 atom stereocenters. The molecular weight excluding hydrogens is 438 g/mol. The van der Waals surface area contributed by atoms with Gasteiger partial charge < -0.3 is 14.5 Å². The number of amides is 1. The Labute approximate surface area is 199 Å². The normalized spacial score (nSPS) is 21.1. The lowest BCUT2D eigenvalue weighted by Crippen LogP contribution is -2.38. The number of aromatic nitrogens is 3. The molecule has 2 saturated heterocycles. The maximum absolute atomic E-state index is 13.5. The van der Waals surface area contributed by atoms with Crippen LogP contribution in [0.25, 0.3) is 5.65 Å². The van der Waals surface area contributed by atoms with Crippen LogP contribution in [0.3, 0.4) is 0 Å². The third-order valence-electron chi connectivity index (χ3n) is 6.87. The first-order valence-corrected chi connectivity index (χ1v) is 12.1. The number of benzene rings is 1. The predicted molar refractivity (Wildman–Crippen MR) is 129 cm³/mol. The molecule has 1 amide bonds. The predicted octanol–water partition coefficient (Wildman–Crippen LogP) is 4.91. The average molecular weight is 468 g/mol. The van der Waals surface area contributed by atoms with Gasteiger partial charge in [-0.3, -0.25) is 4.79 Å². The number of methoxy groups -OCH3 is 1.